The monoisotopic (exact) mass is 271 g/mol. The van der Waals surface area contributed by atoms with Crippen molar-refractivity contribution in [2.45, 2.75) is 18.9 Å². The van der Waals surface area contributed by atoms with Crippen molar-refractivity contribution in [3.8, 4) is 0 Å². The van der Waals surface area contributed by atoms with Crippen LogP contribution in [0.15, 0.2) is 16.8 Å². The second-order valence-corrected chi connectivity index (χ2v) is 4.29. The number of rotatable bonds is 6. The molecule has 0 aliphatic heterocycles. The molecule has 1 atom stereocenters. The molecule has 0 bridgehead atoms. The van der Waals surface area contributed by atoms with Crippen molar-refractivity contribution < 1.29 is 19.5 Å². The van der Waals surface area contributed by atoms with Gasteiger partial charge in [0.2, 0.25) is 5.91 Å². The maximum atomic E-state index is 11.5. The molecule has 0 unspecified atom stereocenters. The normalized spacial score (nSPS) is 11.6. The van der Waals surface area contributed by atoms with Gasteiger partial charge in [-0.25, -0.2) is 9.59 Å². The number of nitrogens with two attached hydrogens (primary N) is 1. The number of nitrogens with one attached hydrogen (secondary N) is 2. The molecule has 18 heavy (non-hydrogen) atoms. The van der Waals surface area contributed by atoms with Crippen LogP contribution in [0.1, 0.15) is 12.8 Å². The van der Waals surface area contributed by atoms with E-state index in [1.807, 2.05) is 0 Å². The van der Waals surface area contributed by atoms with Gasteiger partial charge in [0.05, 0.1) is 5.69 Å². The van der Waals surface area contributed by atoms with Crippen LogP contribution in [0.25, 0.3) is 0 Å². The van der Waals surface area contributed by atoms with E-state index in [-0.39, 0.29) is 12.8 Å². The van der Waals surface area contributed by atoms with Gasteiger partial charge < -0.3 is 21.5 Å². The number of urea groups is 1. The second kappa shape index (κ2) is 6.60. The Morgan fingerprint density at radius 3 is 2.67 bits per heavy atom. The number of carbonyl (C=O) groups is 3. The number of amides is 3. The van der Waals surface area contributed by atoms with Gasteiger partial charge in [0.25, 0.3) is 0 Å². The van der Waals surface area contributed by atoms with Gasteiger partial charge in [0, 0.05) is 11.8 Å². The maximum Gasteiger partial charge on any atom is 0.326 e. The Labute approximate surface area is 107 Å². The third-order valence-corrected chi connectivity index (χ3v) is 2.75. The first kappa shape index (κ1) is 14.0. The summed E-state index contributed by atoms with van der Waals surface area (Å²) in [5, 5.41) is 17.1. The van der Waals surface area contributed by atoms with Gasteiger partial charge in [-0.1, -0.05) is 0 Å². The van der Waals surface area contributed by atoms with Crippen LogP contribution in [0.5, 0.6) is 0 Å². The highest BCUT2D eigenvalue weighted by Crippen LogP contribution is 2.11. The first-order valence-corrected chi connectivity index (χ1v) is 6.04. The first-order valence-electron chi connectivity index (χ1n) is 5.10. The number of hydrogen-bond donors (Lipinski definition) is 4. The number of primary amides is 1. The van der Waals surface area contributed by atoms with Crippen LogP contribution >= 0.6 is 11.3 Å². The van der Waals surface area contributed by atoms with Crippen molar-refractivity contribution in [3.63, 3.8) is 0 Å². The molecule has 98 valence electrons. The Hall–Kier alpha value is -2.09. The highest BCUT2D eigenvalue weighted by molar-refractivity contribution is 7.08. The van der Waals surface area contributed by atoms with Gasteiger partial charge in [0.15, 0.2) is 0 Å². The topological polar surface area (TPSA) is 122 Å². The fraction of sp³-hybridized carbons (Fsp3) is 0.300. The summed E-state index contributed by atoms with van der Waals surface area (Å²) in [5.74, 6) is -1.82. The van der Waals surface area contributed by atoms with Gasteiger partial charge in [-0.2, -0.15) is 11.3 Å². The van der Waals surface area contributed by atoms with Crippen LogP contribution in [-0.2, 0) is 9.59 Å². The average molecular weight is 271 g/mol. The first-order chi connectivity index (χ1) is 8.49. The fourth-order valence-electron chi connectivity index (χ4n) is 1.20. The predicted molar refractivity (Wildman–Crippen MR) is 66.3 cm³/mol. The third kappa shape index (κ3) is 4.83. The Bertz CT molecular complexity index is 432. The van der Waals surface area contributed by atoms with E-state index in [0.29, 0.717) is 5.69 Å². The fourth-order valence-corrected chi connectivity index (χ4v) is 1.79. The highest BCUT2D eigenvalue weighted by Gasteiger charge is 2.20. The molecule has 1 heterocycles. The lowest BCUT2D eigenvalue weighted by Crippen LogP contribution is -2.43. The molecule has 0 fully saturated rings. The number of anilines is 1. The van der Waals surface area contributed by atoms with E-state index in [1.165, 1.54) is 11.3 Å². The quantitative estimate of drug-likeness (QED) is 0.604. The summed E-state index contributed by atoms with van der Waals surface area (Å²) >= 11 is 1.40. The summed E-state index contributed by atoms with van der Waals surface area (Å²) < 4.78 is 0. The number of aliphatic carboxylic acids is 1. The molecule has 0 spiro atoms. The van der Waals surface area contributed by atoms with Crippen LogP contribution < -0.4 is 16.4 Å². The molecule has 1 aromatic heterocycles. The molecule has 5 N–H and O–H groups in total. The van der Waals surface area contributed by atoms with Gasteiger partial charge >= 0.3 is 12.0 Å². The molecule has 0 saturated carbocycles. The Morgan fingerprint density at radius 1 is 1.44 bits per heavy atom. The maximum absolute atomic E-state index is 11.5. The minimum absolute atomic E-state index is 0.0400. The number of carboxylic acids is 1. The molecule has 0 aliphatic carbocycles. The summed E-state index contributed by atoms with van der Waals surface area (Å²) in [6.07, 6.45) is -0.141. The number of thiophene rings is 1. The molecule has 1 rings (SSSR count). The summed E-state index contributed by atoms with van der Waals surface area (Å²) in [6, 6.07) is -0.0925. The van der Waals surface area contributed by atoms with Crippen LogP contribution in [-0.4, -0.2) is 29.1 Å². The number of carbonyl (C=O) groups excluding carboxylic acids is 2. The van der Waals surface area contributed by atoms with Gasteiger partial charge in [-0.15, -0.1) is 0 Å². The third-order valence-electron chi connectivity index (χ3n) is 2.06. The van der Waals surface area contributed by atoms with E-state index in [4.69, 9.17) is 10.8 Å². The van der Waals surface area contributed by atoms with E-state index >= 15 is 0 Å². The van der Waals surface area contributed by atoms with Crippen molar-refractivity contribution >= 4 is 34.9 Å². The summed E-state index contributed by atoms with van der Waals surface area (Å²) in [5.41, 5.74) is 5.50. The zero-order chi connectivity index (χ0) is 13.5. The minimum atomic E-state index is -1.21. The Morgan fingerprint density at radius 2 is 2.17 bits per heavy atom. The molecule has 0 aromatic carbocycles. The lowest BCUT2D eigenvalue weighted by atomic mass is 10.1. The Kier molecular flexibility index (Phi) is 5.12. The molecule has 1 aromatic rings. The van der Waals surface area contributed by atoms with Crippen LogP contribution in [0.2, 0.25) is 0 Å². The van der Waals surface area contributed by atoms with Gasteiger partial charge in [0.1, 0.15) is 6.04 Å². The van der Waals surface area contributed by atoms with E-state index < -0.39 is 23.9 Å². The second-order valence-electron chi connectivity index (χ2n) is 3.51. The van der Waals surface area contributed by atoms with Gasteiger partial charge in [-0.05, 0) is 17.9 Å². The lowest BCUT2D eigenvalue weighted by Gasteiger charge is -2.13. The Balaban J connectivity index is 2.47. The molecule has 0 saturated heterocycles. The van der Waals surface area contributed by atoms with Crippen molar-refractivity contribution in [3.05, 3.63) is 16.8 Å². The SMILES string of the molecule is NC(=O)CC[C@H](NC(=O)Nc1ccsc1)C(=O)O. The largest absolute Gasteiger partial charge is 0.480 e. The average Bonchev–Trinajstić information content (AvgIpc) is 2.76. The molecule has 0 radical (unpaired) electrons. The van der Waals surface area contributed by atoms with Crippen molar-refractivity contribution in [2.75, 3.05) is 5.32 Å². The highest BCUT2D eigenvalue weighted by atomic mass is 32.1. The summed E-state index contributed by atoms with van der Waals surface area (Å²) in [4.78, 5) is 32.9. The predicted octanol–water partition coefficient (Wildman–Crippen LogP) is 0.588. The van der Waals surface area contributed by atoms with E-state index in [9.17, 15) is 14.4 Å². The minimum Gasteiger partial charge on any atom is -0.480 e. The van der Waals surface area contributed by atoms with Crippen molar-refractivity contribution in [1.29, 1.82) is 0 Å². The van der Waals surface area contributed by atoms with E-state index in [0.717, 1.165) is 0 Å². The molecule has 7 nitrogen and oxygen atoms in total. The van der Waals surface area contributed by atoms with Crippen LogP contribution in [0.3, 0.4) is 0 Å². The smallest absolute Gasteiger partial charge is 0.326 e. The summed E-state index contributed by atoms with van der Waals surface area (Å²) in [6.45, 7) is 0. The summed E-state index contributed by atoms with van der Waals surface area (Å²) in [7, 11) is 0. The van der Waals surface area contributed by atoms with E-state index in [2.05, 4.69) is 10.6 Å². The molecule has 3 amide bonds. The zero-order valence-corrected chi connectivity index (χ0v) is 10.2. The number of carboxylic acid groups (broad SMARTS) is 1. The molecule has 0 aliphatic rings. The standard InChI is InChI=1S/C10H13N3O4S/c11-8(14)2-1-7(9(15)16)13-10(17)12-6-3-4-18-5-6/h3-5,7H,1-2H2,(H2,11,14)(H,15,16)(H2,12,13,17)/t7-/m0/s1. The zero-order valence-electron chi connectivity index (χ0n) is 9.38. The van der Waals surface area contributed by atoms with E-state index in [1.54, 1.807) is 16.8 Å². The number of hydrogen-bond acceptors (Lipinski definition) is 4. The molecular formula is C10H13N3O4S. The van der Waals surface area contributed by atoms with Crippen LogP contribution in [0.4, 0.5) is 10.5 Å². The van der Waals surface area contributed by atoms with Gasteiger partial charge in [-0.3, -0.25) is 4.79 Å². The van der Waals surface area contributed by atoms with Crippen molar-refractivity contribution in [2.24, 2.45) is 5.73 Å². The van der Waals surface area contributed by atoms with Crippen LogP contribution in [0, 0.1) is 0 Å². The molecule has 8 heteroatoms. The molecular weight excluding hydrogens is 258 g/mol. The van der Waals surface area contributed by atoms with Crippen molar-refractivity contribution in [1.82, 2.24) is 5.32 Å². The lowest BCUT2D eigenvalue weighted by molar-refractivity contribution is -0.139.